The second kappa shape index (κ2) is 6.59. The lowest BCUT2D eigenvalue weighted by molar-refractivity contribution is 0.0393. The van der Waals surface area contributed by atoms with Gasteiger partial charge in [-0.25, -0.2) is 0 Å². The minimum absolute atomic E-state index is 0.227. The van der Waals surface area contributed by atoms with Gasteiger partial charge in [-0.05, 0) is 23.1 Å². The summed E-state index contributed by atoms with van der Waals surface area (Å²) in [5.41, 5.74) is 2.92. The Labute approximate surface area is 123 Å². The Kier molecular flexibility index (Phi) is 5.06. The van der Waals surface area contributed by atoms with E-state index in [4.69, 9.17) is 4.74 Å². The molecule has 0 aromatic heterocycles. The van der Waals surface area contributed by atoms with Crippen LogP contribution in [0.1, 0.15) is 26.3 Å². The van der Waals surface area contributed by atoms with E-state index in [1.807, 2.05) is 0 Å². The highest BCUT2D eigenvalue weighted by Gasteiger charge is 2.14. The topological polar surface area (TPSA) is 15.7 Å². The highest BCUT2D eigenvalue weighted by atomic mass is 16.5. The van der Waals surface area contributed by atoms with E-state index in [2.05, 4.69) is 61.9 Å². The highest BCUT2D eigenvalue weighted by molar-refractivity contribution is 5.47. The van der Waals surface area contributed by atoms with Gasteiger partial charge in [0.05, 0.1) is 13.2 Å². The minimum atomic E-state index is 0.227. The van der Waals surface area contributed by atoms with Crippen LogP contribution in [0.4, 0.5) is 5.69 Å². The molecule has 1 saturated heterocycles. The summed E-state index contributed by atoms with van der Waals surface area (Å²) >= 11 is 0. The van der Waals surface area contributed by atoms with Crippen LogP contribution in [0.25, 0.3) is 0 Å². The van der Waals surface area contributed by atoms with E-state index in [9.17, 15) is 0 Å². The third-order valence-corrected chi connectivity index (χ3v) is 4.03. The Balaban J connectivity index is 1.87. The number of nitrogens with zero attached hydrogens (tertiary/aromatic N) is 2. The molecule has 0 amide bonds. The molecule has 2 rings (SSSR count). The van der Waals surface area contributed by atoms with Crippen molar-refractivity contribution in [3.63, 3.8) is 0 Å². The molecule has 1 aromatic carbocycles. The first-order valence-corrected chi connectivity index (χ1v) is 7.58. The molecule has 112 valence electrons. The molecular formula is C17H28N2O. The van der Waals surface area contributed by atoms with Crippen molar-refractivity contribution in [3.8, 4) is 0 Å². The fourth-order valence-electron chi connectivity index (χ4n) is 2.46. The fourth-order valence-corrected chi connectivity index (χ4v) is 2.46. The molecule has 0 atom stereocenters. The van der Waals surface area contributed by atoms with Gasteiger partial charge in [0.25, 0.3) is 0 Å². The normalized spacial score (nSPS) is 17.2. The Morgan fingerprint density at radius 2 is 1.70 bits per heavy atom. The zero-order valence-corrected chi connectivity index (χ0v) is 13.4. The second-order valence-corrected chi connectivity index (χ2v) is 6.67. The van der Waals surface area contributed by atoms with Crippen LogP contribution in [0.3, 0.4) is 0 Å². The standard InChI is InChI=1S/C17H28N2O/c1-17(2,3)15-5-7-16(8-6-15)18(4)9-10-19-11-13-20-14-12-19/h5-8H,9-14H2,1-4H3. The zero-order valence-electron chi connectivity index (χ0n) is 13.4. The van der Waals surface area contributed by atoms with Gasteiger partial charge in [0, 0.05) is 38.9 Å². The largest absolute Gasteiger partial charge is 0.379 e. The van der Waals surface area contributed by atoms with Crippen molar-refractivity contribution in [2.45, 2.75) is 26.2 Å². The van der Waals surface area contributed by atoms with Gasteiger partial charge in [-0.2, -0.15) is 0 Å². The maximum atomic E-state index is 5.38. The van der Waals surface area contributed by atoms with Crippen molar-refractivity contribution in [3.05, 3.63) is 29.8 Å². The molecule has 0 saturated carbocycles. The minimum Gasteiger partial charge on any atom is -0.379 e. The summed E-state index contributed by atoms with van der Waals surface area (Å²) in [5, 5.41) is 0. The Hall–Kier alpha value is -1.06. The first-order valence-electron chi connectivity index (χ1n) is 7.58. The lowest BCUT2D eigenvalue weighted by Crippen LogP contribution is -2.40. The van der Waals surface area contributed by atoms with Crippen LogP contribution in [-0.2, 0) is 10.2 Å². The van der Waals surface area contributed by atoms with E-state index in [1.165, 1.54) is 11.3 Å². The molecular weight excluding hydrogens is 248 g/mol. The van der Waals surface area contributed by atoms with Crippen molar-refractivity contribution in [1.29, 1.82) is 0 Å². The summed E-state index contributed by atoms with van der Waals surface area (Å²) in [7, 11) is 2.17. The average molecular weight is 276 g/mol. The maximum absolute atomic E-state index is 5.38. The van der Waals surface area contributed by atoms with E-state index in [-0.39, 0.29) is 5.41 Å². The van der Waals surface area contributed by atoms with Crippen LogP contribution >= 0.6 is 0 Å². The number of hydrogen-bond donors (Lipinski definition) is 0. The molecule has 0 aliphatic carbocycles. The lowest BCUT2D eigenvalue weighted by Gasteiger charge is -2.29. The molecule has 0 unspecified atom stereocenters. The molecule has 1 aromatic rings. The summed E-state index contributed by atoms with van der Waals surface area (Å²) in [6.07, 6.45) is 0. The third kappa shape index (κ3) is 4.22. The van der Waals surface area contributed by atoms with Crippen LogP contribution in [0.15, 0.2) is 24.3 Å². The van der Waals surface area contributed by atoms with Crippen LogP contribution in [0.5, 0.6) is 0 Å². The fraction of sp³-hybridized carbons (Fsp3) is 0.647. The van der Waals surface area contributed by atoms with Crippen LogP contribution in [0.2, 0.25) is 0 Å². The summed E-state index contributed by atoms with van der Waals surface area (Å²) < 4.78 is 5.38. The number of ether oxygens (including phenoxy) is 1. The van der Waals surface area contributed by atoms with Crippen LogP contribution in [-0.4, -0.2) is 51.3 Å². The molecule has 1 heterocycles. The number of benzene rings is 1. The maximum Gasteiger partial charge on any atom is 0.0594 e. The van der Waals surface area contributed by atoms with E-state index in [1.54, 1.807) is 0 Å². The number of likely N-dealkylation sites (N-methyl/N-ethyl adjacent to an activating group) is 1. The van der Waals surface area contributed by atoms with Crippen molar-refractivity contribution in [1.82, 2.24) is 4.90 Å². The van der Waals surface area contributed by atoms with Gasteiger partial charge in [0.15, 0.2) is 0 Å². The number of anilines is 1. The van der Waals surface area contributed by atoms with Gasteiger partial charge in [-0.3, -0.25) is 4.90 Å². The molecule has 3 heteroatoms. The van der Waals surface area contributed by atoms with Gasteiger partial charge < -0.3 is 9.64 Å². The first kappa shape index (κ1) is 15.3. The quantitative estimate of drug-likeness (QED) is 0.841. The highest BCUT2D eigenvalue weighted by Crippen LogP contribution is 2.24. The molecule has 1 fully saturated rings. The van der Waals surface area contributed by atoms with Crippen LogP contribution in [0, 0.1) is 0 Å². The monoisotopic (exact) mass is 276 g/mol. The van der Waals surface area contributed by atoms with Crippen molar-refractivity contribution >= 4 is 5.69 Å². The Bertz CT molecular complexity index is 402. The van der Waals surface area contributed by atoms with Gasteiger partial charge >= 0.3 is 0 Å². The Morgan fingerprint density at radius 1 is 1.10 bits per heavy atom. The first-order chi connectivity index (χ1) is 9.47. The van der Waals surface area contributed by atoms with Crippen molar-refractivity contribution < 1.29 is 4.74 Å². The lowest BCUT2D eigenvalue weighted by atomic mass is 9.87. The zero-order chi connectivity index (χ0) is 14.6. The van der Waals surface area contributed by atoms with Crippen LogP contribution < -0.4 is 4.90 Å². The number of morpholine rings is 1. The van der Waals surface area contributed by atoms with Crippen molar-refractivity contribution in [2.75, 3.05) is 51.3 Å². The molecule has 0 spiro atoms. The van der Waals surface area contributed by atoms with E-state index in [0.29, 0.717) is 0 Å². The van der Waals surface area contributed by atoms with Crippen molar-refractivity contribution in [2.24, 2.45) is 0 Å². The number of rotatable bonds is 4. The van der Waals surface area contributed by atoms with E-state index >= 15 is 0 Å². The molecule has 3 nitrogen and oxygen atoms in total. The molecule has 1 aliphatic heterocycles. The predicted octanol–water partition coefficient (Wildman–Crippen LogP) is 2.75. The van der Waals surface area contributed by atoms with Gasteiger partial charge in [-0.1, -0.05) is 32.9 Å². The number of hydrogen-bond acceptors (Lipinski definition) is 3. The van der Waals surface area contributed by atoms with Gasteiger partial charge in [0.1, 0.15) is 0 Å². The summed E-state index contributed by atoms with van der Waals surface area (Å²) in [4.78, 5) is 4.81. The molecule has 0 N–H and O–H groups in total. The smallest absolute Gasteiger partial charge is 0.0594 e. The summed E-state index contributed by atoms with van der Waals surface area (Å²) in [6, 6.07) is 8.97. The second-order valence-electron chi connectivity index (χ2n) is 6.67. The van der Waals surface area contributed by atoms with E-state index < -0.39 is 0 Å². The molecule has 1 aliphatic rings. The van der Waals surface area contributed by atoms with Gasteiger partial charge in [0.2, 0.25) is 0 Å². The molecule has 0 bridgehead atoms. The average Bonchev–Trinajstić information content (AvgIpc) is 2.45. The summed E-state index contributed by atoms with van der Waals surface area (Å²) in [5.74, 6) is 0. The molecule has 0 radical (unpaired) electrons. The molecule has 20 heavy (non-hydrogen) atoms. The third-order valence-electron chi connectivity index (χ3n) is 4.03. The van der Waals surface area contributed by atoms with E-state index in [0.717, 1.165) is 39.4 Å². The predicted molar refractivity (Wildman–Crippen MR) is 85.7 cm³/mol. The SMILES string of the molecule is CN(CCN1CCOCC1)c1ccc(C(C)(C)C)cc1. The van der Waals surface area contributed by atoms with Gasteiger partial charge in [-0.15, -0.1) is 0 Å². The summed E-state index contributed by atoms with van der Waals surface area (Å²) in [6.45, 7) is 12.8. The Morgan fingerprint density at radius 3 is 2.25 bits per heavy atom.